The van der Waals surface area contributed by atoms with Crippen molar-refractivity contribution >= 4 is 0 Å². The molecule has 0 aromatic heterocycles. The summed E-state index contributed by atoms with van der Waals surface area (Å²) in [5, 5.41) is 0. The van der Waals surface area contributed by atoms with Crippen LogP contribution in [0.25, 0.3) is 0 Å². The van der Waals surface area contributed by atoms with Gasteiger partial charge in [-0.3, -0.25) is 0 Å². The first-order valence-electron chi connectivity index (χ1n) is 3.45. The lowest BCUT2D eigenvalue weighted by Crippen LogP contribution is -1.96. The molecule has 1 aliphatic rings. The summed E-state index contributed by atoms with van der Waals surface area (Å²) >= 11 is 0. The van der Waals surface area contributed by atoms with E-state index in [2.05, 4.69) is 0 Å². The van der Waals surface area contributed by atoms with E-state index in [-0.39, 0.29) is 11.7 Å². The van der Waals surface area contributed by atoms with E-state index >= 15 is 0 Å². The molecule has 0 unspecified atom stereocenters. The number of hydrogen-bond acceptors (Lipinski definition) is 1. The van der Waals surface area contributed by atoms with Crippen LogP contribution in [-0.4, -0.2) is 6.61 Å². The minimum absolute atomic E-state index is 0.0916. The number of hydrogen-bond donors (Lipinski definition) is 0. The fraction of sp³-hybridized carbons (Fsp3) is 0.250. The van der Waals surface area contributed by atoms with Crippen molar-refractivity contribution in [3.63, 3.8) is 0 Å². The summed E-state index contributed by atoms with van der Waals surface area (Å²) in [6, 6.07) is 2.10. The summed E-state index contributed by atoms with van der Waals surface area (Å²) in [6.45, 7) is 0.377. The normalized spacial score (nSPS) is 21.1. The molecule has 0 radical (unpaired) electrons. The SMILES string of the molecule is Fc1ccc([C@@H]2CO2)c(F)c1F. The van der Waals surface area contributed by atoms with Gasteiger partial charge in [0.15, 0.2) is 17.5 Å². The molecule has 1 aliphatic heterocycles. The summed E-state index contributed by atoms with van der Waals surface area (Å²) in [5.74, 6) is -3.74. The van der Waals surface area contributed by atoms with Crippen molar-refractivity contribution in [3.05, 3.63) is 35.1 Å². The van der Waals surface area contributed by atoms with Crippen molar-refractivity contribution in [1.29, 1.82) is 0 Å². The quantitative estimate of drug-likeness (QED) is 0.469. The minimum Gasteiger partial charge on any atom is -0.368 e. The Morgan fingerprint density at radius 1 is 1.17 bits per heavy atom. The van der Waals surface area contributed by atoms with Crippen LogP contribution in [0.4, 0.5) is 13.2 Å². The lowest BCUT2D eigenvalue weighted by atomic mass is 10.1. The van der Waals surface area contributed by atoms with E-state index in [0.717, 1.165) is 6.07 Å². The average molecular weight is 174 g/mol. The van der Waals surface area contributed by atoms with Gasteiger partial charge in [-0.1, -0.05) is 6.07 Å². The molecule has 0 aliphatic carbocycles. The van der Waals surface area contributed by atoms with Gasteiger partial charge in [-0.15, -0.1) is 0 Å². The summed E-state index contributed by atoms with van der Waals surface area (Å²) < 4.78 is 42.6. The number of ether oxygens (including phenoxy) is 1. The smallest absolute Gasteiger partial charge is 0.194 e. The van der Waals surface area contributed by atoms with Crippen molar-refractivity contribution in [3.8, 4) is 0 Å². The molecule has 1 nitrogen and oxygen atoms in total. The molecule has 0 bridgehead atoms. The van der Waals surface area contributed by atoms with Crippen LogP contribution in [0, 0.1) is 17.5 Å². The van der Waals surface area contributed by atoms with Crippen LogP contribution in [0.5, 0.6) is 0 Å². The fourth-order valence-electron chi connectivity index (χ4n) is 1.02. The zero-order chi connectivity index (χ0) is 8.72. The molecule has 12 heavy (non-hydrogen) atoms. The standard InChI is InChI=1S/C8H5F3O/c9-5-2-1-4(6-3-12-6)7(10)8(5)11/h1-2,6H,3H2/t6-/m0/s1. The Kier molecular flexibility index (Phi) is 1.58. The molecule has 2 rings (SSSR count). The summed E-state index contributed by atoms with van der Waals surface area (Å²) in [6.07, 6.45) is -0.389. The summed E-state index contributed by atoms with van der Waals surface area (Å²) in [7, 11) is 0. The number of halogens is 3. The topological polar surface area (TPSA) is 12.5 Å². The van der Waals surface area contributed by atoms with Gasteiger partial charge in [0.2, 0.25) is 0 Å². The zero-order valence-corrected chi connectivity index (χ0v) is 5.98. The highest BCUT2D eigenvalue weighted by Crippen LogP contribution is 2.32. The third-order valence-corrected chi connectivity index (χ3v) is 1.75. The second-order valence-corrected chi connectivity index (χ2v) is 2.59. The molecule has 0 spiro atoms. The molecule has 1 fully saturated rings. The molecule has 1 atom stereocenters. The Bertz CT molecular complexity index is 320. The Hall–Kier alpha value is -1.03. The molecule has 0 N–H and O–H groups in total. The van der Waals surface area contributed by atoms with Crippen molar-refractivity contribution < 1.29 is 17.9 Å². The van der Waals surface area contributed by atoms with E-state index in [9.17, 15) is 13.2 Å². The average Bonchev–Trinajstić information content (AvgIpc) is 2.84. The Labute approximate surface area is 66.8 Å². The van der Waals surface area contributed by atoms with Gasteiger partial charge in [0.1, 0.15) is 6.10 Å². The maximum Gasteiger partial charge on any atom is 0.194 e. The number of benzene rings is 1. The van der Waals surface area contributed by atoms with E-state index in [1.165, 1.54) is 6.07 Å². The van der Waals surface area contributed by atoms with E-state index in [4.69, 9.17) is 4.74 Å². The summed E-state index contributed by atoms with van der Waals surface area (Å²) in [4.78, 5) is 0. The van der Waals surface area contributed by atoms with E-state index in [1.807, 2.05) is 0 Å². The van der Waals surface area contributed by atoms with Crippen LogP contribution >= 0.6 is 0 Å². The van der Waals surface area contributed by atoms with Crippen molar-refractivity contribution in [1.82, 2.24) is 0 Å². The molecule has 4 heteroatoms. The molecule has 1 aromatic rings. The van der Waals surface area contributed by atoms with Crippen LogP contribution in [0.3, 0.4) is 0 Å². The third kappa shape index (κ3) is 1.08. The maximum absolute atomic E-state index is 12.9. The van der Waals surface area contributed by atoms with Crippen molar-refractivity contribution in [2.45, 2.75) is 6.10 Å². The third-order valence-electron chi connectivity index (χ3n) is 1.75. The maximum atomic E-state index is 12.9. The summed E-state index contributed by atoms with van der Waals surface area (Å²) in [5.41, 5.74) is 0.0916. The minimum atomic E-state index is -1.43. The van der Waals surface area contributed by atoms with E-state index in [0.29, 0.717) is 6.61 Å². The number of rotatable bonds is 1. The second-order valence-electron chi connectivity index (χ2n) is 2.59. The first-order chi connectivity index (χ1) is 5.70. The van der Waals surface area contributed by atoms with Crippen molar-refractivity contribution in [2.75, 3.05) is 6.61 Å². The van der Waals surface area contributed by atoms with Gasteiger partial charge in [-0.25, -0.2) is 13.2 Å². The molecule has 1 saturated heterocycles. The predicted octanol–water partition coefficient (Wildman–Crippen LogP) is 2.18. The molecule has 1 heterocycles. The highest BCUT2D eigenvalue weighted by molar-refractivity contribution is 5.24. The van der Waals surface area contributed by atoms with Gasteiger partial charge in [-0.05, 0) is 6.07 Å². The largest absolute Gasteiger partial charge is 0.368 e. The Morgan fingerprint density at radius 3 is 2.42 bits per heavy atom. The van der Waals surface area contributed by atoms with E-state index in [1.54, 1.807) is 0 Å². The van der Waals surface area contributed by atoms with Gasteiger partial charge in [-0.2, -0.15) is 0 Å². The highest BCUT2D eigenvalue weighted by Gasteiger charge is 2.29. The molecular weight excluding hydrogens is 169 g/mol. The second kappa shape index (κ2) is 2.48. The fourth-order valence-corrected chi connectivity index (χ4v) is 1.02. The van der Waals surface area contributed by atoms with Crippen LogP contribution in [0.1, 0.15) is 11.7 Å². The lowest BCUT2D eigenvalue weighted by Gasteiger charge is -1.99. The van der Waals surface area contributed by atoms with Crippen LogP contribution in [0.15, 0.2) is 12.1 Å². The van der Waals surface area contributed by atoms with Gasteiger partial charge in [0.25, 0.3) is 0 Å². The molecule has 64 valence electrons. The molecule has 1 aromatic carbocycles. The highest BCUT2D eigenvalue weighted by atomic mass is 19.2. The Balaban J connectivity index is 2.49. The van der Waals surface area contributed by atoms with Gasteiger partial charge >= 0.3 is 0 Å². The van der Waals surface area contributed by atoms with Gasteiger partial charge < -0.3 is 4.74 Å². The molecule has 0 amide bonds. The van der Waals surface area contributed by atoms with E-state index < -0.39 is 17.5 Å². The molecule has 0 saturated carbocycles. The lowest BCUT2D eigenvalue weighted by molar-refractivity contribution is 0.393. The van der Waals surface area contributed by atoms with Crippen molar-refractivity contribution in [2.24, 2.45) is 0 Å². The zero-order valence-electron chi connectivity index (χ0n) is 5.98. The first kappa shape index (κ1) is 7.61. The van der Waals surface area contributed by atoms with Gasteiger partial charge in [0.05, 0.1) is 6.61 Å². The number of epoxide rings is 1. The van der Waals surface area contributed by atoms with Crippen LogP contribution < -0.4 is 0 Å². The van der Waals surface area contributed by atoms with Crippen LogP contribution in [-0.2, 0) is 4.74 Å². The molecular formula is C8H5F3O. The van der Waals surface area contributed by atoms with Crippen LogP contribution in [0.2, 0.25) is 0 Å². The first-order valence-corrected chi connectivity index (χ1v) is 3.45. The monoisotopic (exact) mass is 174 g/mol. The predicted molar refractivity (Wildman–Crippen MR) is 35.0 cm³/mol. The van der Waals surface area contributed by atoms with Gasteiger partial charge in [0, 0.05) is 5.56 Å². The Morgan fingerprint density at radius 2 is 1.83 bits per heavy atom.